The number of furan rings is 1. The van der Waals surface area contributed by atoms with Gasteiger partial charge in [0.1, 0.15) is 5.76 Å². The first-order valence-electron chi connectivity index (χ1n) is 5.81. The lowest BCUT2D eigenvalue weighted by atomic mass is 9.90. The average molecular weight is 238 g/mol. The maximum absolute atomic E-state index is 12.1. The Morgan fingerprint density at radius 2 is 2.24 bits per heavy atom. The van der Waals surface area contributed by atoms with Gasteiger partial charge in [0, 0.05) is 19.8 Å². The van der Waals surface area contributed by atoms with E-state index in [9.17, 15) is 4.79 Å². The van der Waals surface area contributed by atoms with Gasteiger partial charge in [0.05, 0.1) is 17.4 Å². The minimum Gasteiger partial charge on any atom is -0.469 e. The smallest absolute Gasteiger partial charge is 0.255 e. The molecule has 0 aliphatic carbocycles. The molecule has 2 rings (SSSR count). The van der Waals surface area contributed by atoms with Gasteiger partial charge in [0.2, 0.25) is 0 Å². The summed E-state index contributed by atoms with van der Waals surface area (Å²) in [4.78, 5) is 12.1. The minimum atomic E-state index is -0.334. The van der Waals surface area contributed by atoms with Gasteiger partial charge in [-0.05, 0) is 25.8 Å². The summed E-state index contributed by atoms with van der Waals surface area (Å²) in [6.45, 7) is 3.48. The SMILES string of the molecule is Cc1occc1C(=O)NC1(CN)CCOCC1. The summed E-state index contributed by atoms with van der Waals surface area (Å²) >= 11 is 0. The zero-order valence-corrected chi connectivity index (χ0v) is 9.99. The normalized spacial score (nSPS) is 18.9. The number of amides is 1. The van der Waals surface area contributed by atoms with Crippen LogP contribution in [0.1, 0.15) is 29.0 Å². The van der Waals surface area contributed by atoms with Crippen molar-refractivity contribution in [1.29, 1.82) is 0 Å². The molecule has 0 aromatic carbocycles. The van der Waals surface area contributed by atoms with Crippen molar-refractivity contribution < 1.29 is 13.9 Å². The van der Waals surface area contributed by atoms with Crippen LogP contribution in [0, 0.1) is 6.92 Å². The predicted molar refractivity (Wildman–Crippen MR) is 62.7 cm³/mol. The summed E-state index contributed by atoms with van der Waals surface area (Å²) in [7, 11) is 0. The predicted octanol–water partition coefficient (Wildman–Crippen LogP) is 0.826. The van der Waals surface area contributed by atoms with E-state index in [0.717, 1.165) is 12.8 Å². The van der Waals surface area contributed by atoms with E-state index in [2.05, 4.69) is 5.32 Å². The molecule has 0 unspecified atom stereocenters. The van der Waals surface area contributed by atoms with E-state index >= 15 is 0 Å². The molecule has 3 N–H and O–H groups in total. The molecule has 2 heterocycles. The highest BCUT2D eigenvalue weighted by Gasteiger charge is 2.33. The fraction of sp³-hybridized carbons (Fsp3) is 0.583. The number of carbonyl (C=O) groups is 1. The highest BCUT2D eigenvalue weighted by atomic mass is 16.5. The van der Waals surface area contributed by atoms with Crippen molar-refractivity contribution in [3.8, 4) is 0 Å². The molecule has 1 aliphatic rings. The van der Waals surface area contributed by atoms with Crippen molar-refractivity contribution in [3.05, 3.63) is 23.7 Å². The Bertz CT molecular complexity index is 394. The Morgan fingerprint density at radius 3 is 2.76 bits per heavy atom. The van der Waals surface area contributed by atoms with E-state index in [1.165, 1.54) is 6.26 Å². The van der Waals surface area contributed by atoms with Gasteiger partial charge in [-0.15, -0.1) is 0 Å². The second kappa shape index (κ2) is 4.89. The fourth-order valence-electron chi connectivity index (χ4n) is 2.07. The van der Waals surface area contributed by atoms with E-state index in [1.807, 2.05) is 0 Å². The van der Waals surface area contributed by atoms with Crippen LogP contribution in [-0.4, -0.2) is 31.2 Å². The quantitative estimate of drug-likeness (QED) is 0.817. The molecule has 0 radical (unpaired) electrons. The van der Waals surface area contributed by atoms with Crippen LogP contribution < -0.4 is 11.1 Å². The molecular weight excluding hydrogens is 220 g/mol. The Labute approximate surface area is 100 Å². The van der Waals surface area contributed by atoms with Gasteiger partial charge in [-0.1, -0.05) is 0 Å². The van der Waals surface area contributed by atoms with Crippen LogP contribution in [0.25, 0.3) is 0 Å². The van der Waals surface area contributed by atoms with E-state index in [1.54, 1.807) is 13.0 Å². The third kappa shape index (κ3) is 2.50. The second-order valence-corrected chi connectivity index (χ2v) is 4.44. The highest BCUT2D eigenvalue weighted by Crippen LogP contribution is 2.20. The third-order valence-electron chi connectivity index (χ3n) is 3.32. The highest BCUT2D eigenvalue weighted by molar-refractivity contribution is 5.95. The molecule has 94 valence electrons. The number of carbonyl (C=O) groups excluding carboxylic acids is 1. The number of aryl methyl sites for hydroxylation is 1. The third-order valence-corrected chi connectivity index (χ3v) is 3.32. The Kier molecular flexibility index (Phi) is 3.49. The molecule has 0 atom stereocenters. The van der Waals surface area contributed by atoms with Gasteiger partial charge >= 0.3 is 0 Å². The van der Waals surface area contributed by atoms with Gasteiger partial charge < -0.3 is 20.2 Å². The van der Waals surface area contributed by atoms with Crippen molar-refractivity contribution in [1.82, 2.24) is 5.32 Å². The van der Waals surface area contributed by atoms with Crippen molar-refractivity contribution >= 4 is 5.91 Å². The summed E-state index contributed by atoms with van der Waals surface area (Å²) in [6.07, 6.45) is 3.03. The van der Waals surface area contributed by atoms with Gasteiger partial charge in [0.15, 0.2) is 0 Å². The maximum atomic E-state index is 12.1. The lowest BCUT2D eigenvalue weighted by Gasteiger charge is -2.36. The van der Waals surface area contributed by atoms with Crippen LogP contribution in [0.15, 0.2) is 16.7 Å². The van der Waals surface area contributed by atoms with E-state index in [0.29, 0.717) is 31.1 Å². The van der Waals surface area contributed by atoms with Crippen LogP contribution >= 0.6 is 0 Å². The largest absolute Gasteiger partial charge is 0.469 e. The van der Waals surface area contributed by atoms with E-state index in [4.69, 9.17) is 14.9 Å². The van der Waals surface area contributed by atoms with Crippen LogP contribution in [0.5, 0.6) is 0 Å². The van der Waals surface area contributed by atoms with Gasteiger partial charge in [-0.3, -0.25) is 4.79 Å². The zero-order chi connectivity index (χ0) is 12.3. The minimum absolute atomic E-state index is 0.122. The lowest BCUT2D eigenvalue weighted by molar-refractivity contribution is 0.0388. The Balaban J connectivity index is 2.08. The van der Waals surface area contributed by atoms with Gasteiger partial charge in [0.25, 0.3) is 5.91 Å². The summed E-state index contributed by atoms with van der Waals surface area (Å²) < 4.78 is 10.4. The van der Waals surface area contributed by atoms with Crippen LogP contribution in [-0.2, 0) is 4.74 Å². The molecule has 0 spiro atoms. The number of hydrogen-bond donors (Lipinski definition) is 2. The molecule has 1 amide bonds. The number of hydrogen-bond acceptors (Lipinski definition) is 4. The Hall–Kier alpha value is -1.33. The first-order valence-corrected chi connectivity index (χ1v) is 5.81. The summed E-state index contributed by atoms with van der Waals surface area (Å²) in [5.74, 6) is 0.505. The molecule has 5 heteroatoms. The molecule has 5 nitrogen and oxygen atoms in total. The summed E-state index contributed by atoms with van der Waals surface area (Å²) in [5.41, 5.74) is 6.02. The molecule has 1 fully saturated rings. The topological polar surface area (TPSA) is 77.5 Å². The fourth-order valence-corrected chi connectivity index (χ4v) is 2.07. The number of rotatable bonds is 3. The molecule has 1 saturated heterocycles. The van der Waals surface area contributed by atoms with Gasteiger partial charge in [-0.25, -0.2) is 0 Å². The monoisotopic (exact) mass is 238 g/mol. The summed E-state index contributed by atoms with van der Waals surface area (Å²) in [6, 6.07) is 1.67. The first kappa shape index (κ1) is 12.1. The zero-order valence-electron chi connectivity index (χ0n) is 9.99. The van der Waals surface area contributed by atoms with Crippen LogP contribution in [0.4, 0.5) is 0 Å². The number of nitrogens with two attached hydrogens (primary N) is 1. The van der Waals surface area contributed by atoms with Crippen molar-refractivity contribution in [3.63, 3.8) is 0 Å². The number of ether oxygens (including phenoxy) is 1. The molecule has 0 bridgehead atoms. The van der Waals surface area contributed by atoms with Gasteiger partial charge in [-0.2, -0.15) is 0 Å². The molecule has 1 aliphatic heterocycles. The van der Waals surface area contributed by atoms with Crippen molar-refractivity contribution in [2.24, 2.45) is 5.73 Å². The average Bonchev–Trinajstić information content (AvgIpc) is 2.77. The summed E-state index contributed by atoms with van der Waals surface area (Å²) in [5, 5.41) is 3.02. The molecule has 17 heavy (non-hydrogen) atoms. The van der Waals surface area contributed by atoms with Crippen molar-refractivity contribution in [2.45, 2.75) is 25.3 Å². The molecule has 1 aromatic heterocycles. The second-order valence-electron chi connectivity index (χ2n) is 4.44. The molecular formula is C12H18N2O3. The van der Waals surface area contributed by atoms with Crippen molar-refractivity contribution in [2.75, 3.05) is 19.8 Å². The molecule has 0 saturated carbocycles. The Morgan fingerprint density at radius 1 is 1.53 bits per heavy atom. The lowest BCUT2D eigenvalue weighted by Crippen LogP contribution is -2.56. The number of nitrogens with one attached hydrogen (secondary N) is 1. The maximum Gasteiger partial charge on any atom is 0.255 e. The first-order chi connectivity index (χ1) is 8.17. The van der Waals surface area contributed by atoms with E-state index < -0.39 is 0 Å². The van der Waals surface area contributed by atoms with E-state index in [-0.39, 0.29) is 11.4 Å². The standard InChI is InChI=1S/C12H18N2O3/c1-9-10(2-5-17-9)11(15)14-12(8-13)3-6-16-7-4-12/h2,5H,3-4,6-8,13H2,1H3,(H,14,15). The van der Waals surface area contributed by atoms with Crippen LogP contribution in [0.3, 0.4) is 0 Å². The van der Waals surface area contributed by atoms with Crippen LogP contribution in [0.2, 0.25) is 0 Å². The molecule has 1 aromatic rings.